The Balaban J connectivity index is 1.61. The van der Waals surface area contributed by atoms with Crippen molar-refractivity contribution in [2.75, 3.05) is 16.4 Å². The first-order chi connectivity index (χ1) is 13.5. The highest BCUT2D eigenvalue weighted by atomic mass is 32.2. The Morgan fingerprint density at radius 2 is 1.43 bits per heavy atom. The van der Waals surface area contributed by atoms with Crippen LogP contribution in [0.5, 0.6) is 0 Å². The fraction of sp³-hybridized carbons (Fsp3) is 0.333. The first kappa shape index (κ1) is 20.1. The van der Waals surface area contributed by atoms with E-state index < -0.39 is 9.84 Å². The Kier molecular flexibility index (Phi) is 6.46. The lowest BCUT2D eigenvalue weighted by atomic mass is 10.2. The van der Waals surface area contributed by atoms with Crippen molar-refractivity contribution in [3.63, 3.8) is 0 Å². The molecule has 0 heterocycles. The molecule has 0 saturated heterocycles. The molecule has 0 atom stereocenters. The zero-order chi connectivity index (χ0) is 20.0. The van der Waals surface area contributed by atoms with Crippen LogP contribution in [0.25, 0.3) is 0 Å². The maximum Gasteiger partial charge on any atom is 0.255 e. The number of para-hydroxylation sites is 2. The molecule has 28 heavy (non-hydrogen) atoms. The third kappa shape index (κ3) is 5.19. The molecule has 1 aliphatic carbocycles. The second kappa shape index (κ2) is 9.01. The van der Waals surface area contributed by atoms with E-state index in [4.69, 9.17) is 0 Å². The summed E-state index contributed by atoms with van der Waals surface area (Å²) in [5, 5.41) is 5.18. The molecule has 2 aromatic rings. The van der Waals surface area contributed by atoms with Crippen LogP contribution in [0.3, 0.4) is 0 Å². The Hall–Kier alpha value is -2.67. The number of rotatable bonds is 7. The first-order valence-corrected chi connectivity index (χ1v) is 11.1. The second-order valence-electron chi connectivity index (χ2n) is 6.94. The Bertz CT molecular complexity index is 936. The number of amides is 2. The summed E-state index contributed by atoms with van der Waals surface area (Å²) in [5.74, 6) is -0.823. The van der Waals surface area contributed by atoms with Crippen molar-refractivity contribution in [3.05, 3.63) is 60.2 Å². The van der Waals surface area contributed by atoms with Crippen LogP contribution >= 0.6 is 0 Å². The molecule has 2 N–H and O–H groups in total. The minimum absolute atomic E-state index is 0.0974. The zero-order valence-electron chi connectivity index (χ0n) is 15.6. The van der Waals surface area contributed by atoms with E-state index in [9.17, 15) is 18.0 Å². The molecular formula is C21H24N2O4S. The number of hydrogen-bond acceptors (Lipinski definition) is 4. The van der Waals surface area contributed by atoms with E-state index in [2.05, 4.69) is 10.6 Å². The largest absolute Gasteiger partial charge is 0.324 e. The molecule has 0 aromatic heterocycles. The van der Waals surface area contributed by atoms with E-state index in [-0.39, 0.29) is 29.2 Å². The van der Waals surface area contributed by atoms with Gasteiger partial charge in [0, 0.05) is 12.0 Å². The standard InChI is InChI=1S/C21H24N2O4S/c24-20(14-15-28(26,27)17-10-4-5-11-17)22-18-12-6-7-13-19(18)23-21(25)16-8-2-1-3-9-16/h1-3,6-9,12-13,17H,4-5,10-11,14-15H2,(H,22,24)(H,23,25). The summed E-state index contributed by atoms with van der Waals surface area (Å²) >= 11 is 0. The van der Waals surface area contributed by atoms with Gasteiger partial charge in [-0.1, -0.05) is 43.2 Å². The summed E-state index contributed by atoms with van der Waals surface area (Å²) in [6.45, 7) is 0. The number of sulfone groups is 1. The average molecular weight is 401 g/mol. The van der Waals surface area contributed by atoms with Crippen LogP contribution in [0.15, 0.2) is 54.6 Å². The van der Waals surface area contributed by atoms with E-state index in [1.54, 1.807) is 48.5 Å². The van der Waals surface area contributed by atoms with Gasteiger partial charge in [-0.2, -0.15) is 0 Å². The topological polar surface area (TPSA) is 92.3 Å². The van der Waals surface area contributed by atoms with Crippen LogP contribution < -0.4 is 10.6 Å². The molecular weight excluding hydrogens is 376 g/mol. The van der Waals surface area contributed by atoms with Crippen LogP contribution in [0, 0.1) is 0 Å². The Morgan fingerprint density at radius 3 is 2.07 bits per heavy atom. The smallest absolute Gasteiger partial charge is 0.255 e. The van der Waals surface area contributed by atoms with Gasteiger partial charge in [0.2, 0.25) is 5.91 Å². The minimum Gasteiger partial charge on any atom is -0.324 e. The van der Waals surface area contributed by atoms with Gasteiger partial charge in [0.15, 0.2) is 9.84 Å². The predicted molar refractivity (Wildman–Crippen MR) is 110 cm³/mol. The van der Waals surface area contributed by atoms with Crippen LogP contribution in [0.4, 0.5) is 11.4 Å². The van der Waals surface area contributed by atoms with Crippen molar-refractivity contribution in [1.82, 2.24) is 0 Å². The lowest BCUT2D eigenvalue weighted by Gasteiger charge is -2.13. The SMILES string of the molecule is O=C(CCS(=O)(=O)C1CCCC1)Nc1ccccc1NC(=O)c1ccccc1. The molecule has 7 heteroatoms. The lowest BCUT2D eigenvalue weighted by Crippen LogP contribution is -2.25. The normalized spacial score (nSPS) is 14.6. The van der Waals surface area contributed by atoms with Crippen molar-refractivity contribution in [1.29, 1.82) is 0 Å². The molecule has 2 aromatic carbocycles. The van der Waals surface area contributed by atoms with Crippen LogP contribution in [0.1, 0.15) is 42.5 Å². The van der Waals surface area contributed by atoms with Gasteiger partial charge in [0.05, 0.1) is 22.4 Å². The molecule has 0 aliphatic heterocycles. The monoisotopic (exact) mass is 400 g/mol. The van der Waals surface area contributed by atoms with Crippen LogP contribution in [-0.4, -0.2) is 31.2 Å². The predicted octanol–water partition coefficient (Wildman–Crippen LogP) is 3.62. The summed E-state index contributed by atoms with van der Waals surface area (Å²) < 4.78 is 24.6. The molecule has 1 saturated carbocycles. The maximum atomic E-state index is 12.4. The average Bonchev–Trinajstić information content (AvgIpc) is 3.25. The summed E-state index contributed by atoms with van der Waals surface area (Å²) in [6.07, 6.45) is 3.16. The fourth-order valence-electron chi connectivity index (χ4n) is 3.35. The highest BCUT2D eigenvalue weighted by Gasteiger charge is 2.28. The van der Waals surface area contributed by atoms with Gasteiger partial charge in [0.1, 0.15) is 0 Å². The lowest BCUT2D eigenvalue weighted by molar-refractivity contribution is -0.115. The maximum absolute atomic E-state index is 12.4. The van der Waals surface area contributed by atoms with E-state index >= 15 is 0 Å². The summed E-state index contributed by atoms with van der Waals surface area (Å²) in [6, 6.07) is 15.6. The quantitative estimate of drug-likeness (QED) is 0.742. The van der Waals surface area contributed by atoms with Gasteiger partial charge < -0.3 is 10.6 Å². The van der Waals surface area contributed by atoms with Crippen molar-refractivity contribution in [2.24, 2.45) is 0 Å². The molecule has 0 unspecified atom stereocenters. The molecule has 3 rings (SSSR count). The van der Waals surface area contributed by atoms with Crippen LogP contribution in [-0.2, 0) is 14.6 Å². The zero-order valence-corrected chi connectivity index (χ0v) is 16.4. The molecule has 6 nitrogen and oxygen atoms in total. The summed E-state index contributed by atoms with van der Waals surface area (Å²) in [7, 11) is -3.24. The van der Waals surface area contributed by atoms with E-state index in [0.717, 1.165) is 12.8 Å². The summed E-state index contributed by atoms with van der Waals surface area (Å²) in [4.78, 5) is 24.6. The molecule has 1 aliphatic rings. The second-order valence-corrected chi connectivity index (χ2v) is 9.34. The van der Waals surface area contributed by atoms with E-state index in [0.29, 0.717) is 29.8 Å². The number of carbonyl (C=O) groups excluding carboxylic acids is 2. The van der Waals surface area contributed by atoms with Crippen molar-refractivity contribution in [3.8, 4) is 0 Å². The molecule has 2 amide bonds. The van der Waals surface area contributed by atoms with Gasteiger partial charge in [-0.25, -0.2) is 8.42 Å². The van der Waals surface area contributed by atoms with Crippen molar-refractivity contribution < 1.29 is 18.0 Å². The van der Waals surface area contributed by atoms with E-state index in [1.165, 1.54) is 0 Å². The number of nitrogens with one attached hydrogen (secondary N) is 2. The highest BCUT2D eigenvalue weighted by molar-refractivity contribution is 7.92. The van der Waals surface area contributed by atoms with Gasteiger partial charge in [-0.05, 0) is 37.1 Å². The number of carbonyl (C=O) groups is 2. The number of anilines is 2. The molecule has 0 bridgehead atoms. The molecule has 148 valence electrons. The van der Waals surface area contributed by atoms with Gasteiger partial charge in [0.25, 0.3) is 5.91 Å². The van der Waals surface area contributed by atoms with Crippen LogP contribution in [0.2, 0.25) is 0 Å². The molecule has 1 fully saturated rings. The minimum atomic E-state index is -3.24. The van der Waals surface area contributed by atoms with Gasteiger partial charge >= 0.3 is 0 Å². The number of hydrogen-bond donors (Lipinski definition) is 2. The Labute approximate surface area is 165 Å². The van der Waals surface area contributed by atoms with E-state index in [1.807, 2.05) is 6.07 Å². The van der Waals surface area contributed by atoms with Gasteiger partial charge in [-0.15, -0.1) is 0 Å². The Morgan fingerprint density at radius 1 is 0.857 bits per heavy atom. The highest BCUT2D eigenvalue weighted by Crippen LogP contribution is 2.26. The third-order valence-corrected chi connectivity index (χ3v) is 7.17. The first-order valence-electron chi connectivity index (χ1n) is 9.42. The number of benzene rings is 2. The van der Waals surface area contributed by atoms with Crippen molar-refractivity contribution >= 4 is 33.0 Å². The third-order valence-electron chi connectivity index (χ3n) is 4.91. The van der Waals surface area contributed by atoms with Crippen molar-refractivity contribution in [2.45, 2.75) is 37.4 Å². The molecule has 0 radical (unpaired) electrons. The fourth-order valence-corrected chi connectivity index (χ4v) is 5.20. The molecule has 0 spiro atoms. The van der Waals surface area contributed by atoms with Gasteiger partial charge in [-0.3, -0.25) is 9.59 Å². The summed E-state index contributed by atoms with van der Waals surface area (Å²) in [5.41, 5.74) is 1.41.